The molecule has 1 fully saturated rings. The van der Waals surface area contributed by atoms with Crippen molar-refractivity contribution in [2.75, 3.05) is 18.0 Å². The Bertz CT molecular complexity index is 343. The van der Waals surface area contributed by atoms with Crippen molar-refractivity contribution in [1.82, 2.24) is 10.3 Å². The number of hydrogen-bond acceptors (Lipinski definition) is 4. The van der Waals surface area contributed by atoms with E-state index in [1.165, 1.54) is 0 Å². The van der Waals surface area contributed by atoms with E-state index in [1.807, 2.05) is 12.1 Å². The topological polar surface area (TPSA) is 54.2 Å². The van der Waals surface area contributed by atoms with Crippen LogP contribution in [0.3, 0.4) is 0 Å². The zero-order valence-corrected chi connectivity index (χ0v) is 9.98. The van der Waals surface area contributed by atoms with Crippen molar-refractivity contribution in [3.8, 4) is 0 Å². The second kappa shape index (κ2) is 4.80. The third kappa shape index (κ3) is 2.51. The molecule has 0 spiro atoms. The normalized spacial score (nSPS) is 25.8. The maximum atomic E-state index is 5.61. The van der Waals surface area contributed by atoms with Crippen LogP contribution in [-0.4, -0.2) is 30.2 Å². The monoisotopic (exact) mass is 220 g/mol. The minimum absolute atomic E-state index is 0.505. The van der Waals surface area contributed by atoms with Crippen LogP contribution in [-0.2, 0) is 6.54 Å². The Morgan fingerprint density at radius 2 is 2.06 bits per heavy atom. The van der Waals surface area contributed by atoms with E-state index in [0.29, 0.717) is 18.6 Å². The number of nitrogens with one attached hydrogen (secondary N) is 1. The Kier molecular flexibility index (Phi) is 3.41. The number of aromatic nitrogens is 1. The van der Waals surface area contributed by atoms with Crippen molar-refractivity contribution in [2.24, 2.45) is 5.73 Å². The van der Waals surface area contributed by atoms with Crippen LogP contribution in [0.5, 0.6) is 0 Å². The van der Waals surface area contributed by atoms with Gasteiger partial charge in [0, 0.05) is 31.7 Å². The number of piperazine rings is 1. The summed E-state index contributed by atoms with van der Waals surface area (Å²) in [5.74, 6) is 1.04. The zero-order valence-electron chi connectivity index (χ0n) is 9.98. The molecule has 4 heteroatoms. The molecule has 3 N–H and O–H groups in total. The van der Waals surface area contributed by atoms with Crippen LogP contribution in [0.1, 0.15) is 19.5 Å². The Morgan fingerprint density at radius 3 is 2.69 bits per heavy atom. The van der Waals surface area contributed by atoms with Gasteiger partial charge in [0.15, 0.2) is 0 Å². The third-order valence-corrected chi connectivity index (χ3v) is 2.88. The first kappa shape index (κ1) is 11.4. The molecule has 2 heterocycles. The lowest BCUT2D eigenvalue weighted by Crippen LogP contribution is -2.54. The molecule has 4 nitrogen and oxygen atoms in total. The summed E-state index contributed by atoms with van der Waals surface area (Å²) in [7, 11) is 0. The quantitative estimate of drug-likeness (QED) is 0.771. The molecule has 1 aromatic rings. The van der Waals surface area contributed by atoms with Crippen LogP contribution < -0.4 is 16.0 Å². The van der Waals surface area contributed by atoms with Crippen molar-refractivity contribution in [2.45, 2.75) is 32.5 Å². The minimum atomic E-state index is 0.505. The molecule has 2 atom stereocenters. The van der Waals surface area contributed by atoms with E-state index < -0.39 is 0 Å². The van der Waals surface area contributed by atoms with Gasteiger partial charge in [-0.2, -0.15) is 0 Å². The number of rotatable bonds is 2. The van der Waals surface area contributed by atoms with Crippen molar-refractivity contribution in [1.29, 1.82) is 0 Å². The van der Waals surface area contributed by atoms with Gasteiger partial charge in [0.05, 0.1) is 5.69 Å². The summed E-state index contributed by atoms with van der Waals surface area (Å²) in [6, 6.07) is 7.07. The van der Waals surface area contributed by atoms with E-state index in [4.69, 9.17) is 5.73 Å². The summed E-state index contributed by atoms with van der Waals surface area (Å²) in [6.07, 6.45) is 0. The third-order valence-electron chi connectivity index (χ3n) is 2.88. The highest BCUT2D eigenvalue weighted by Gasteiger charge is 2.21. The van der Waals surface area contributed by atoms with Gasteiger partial charge in [-0.05, 0) is 26.0 Å². The largest absolute Gasteiger partial charge is 0.354 e. The lowest BCUT2D eigenvalue weighted by molar-refractivity contribution is 0.405. The molecule has 16 heavy (non-hydrogen) atoms. The summed E-state index contributed by atoms with van der Waals surface area (Å²) in [5, 5.41) is 3.51. The number of hydrogen-bond donors (Lipinski definition) is 2. The molecule has 0 amide bonds. The van der Waals surface area contributed by atoms with Gasteiger partial charge in [-0.1, -0.05) is 6.07 Å². The maximum Gasteiger partial charge on any atom is 0.128 e. The Hall–Kier alpha value is -1.13. The number of nitrogens with two attached hydrogens (primary N) is 1. The first-order valence-electron chi connectivity index (χ1n) is 5.86. The molecule has 2 rings (SSSR count). The number of nitrogens with zero attached hydrogens (tertiary/aromatic N) is 2. The van der Waals surface area contributed by atoms with Crippen LogP contribution >= 0.6 is 0 Å². The Balaban J connectivity index is 2.16. The van der Waals surface area contributed by atoms with Gasteiger partial charge in [-0.25, -0.2) is 4.98 Å². The van der Waals surface area contributed by atoms with Crippen molar-refractivity contribution >= 4 is 5.82 Å². The van der Waals surface area contributed by atoms with Crippen LogP contribution in [0.2, 0.25) is 0 Å². The van der Waals surface area contributed by atoms with E-state index in [1.54, 1.807) is 0 Å². The SMILES string of the molecule is C[C@@H]1CN(c2cccc(CN)n2)C[C@H](C)N1. The summed E-state index contributed by atoms with van der Waals surface area (Å²) >= 11 is 0. The summed E-state index contributed by atoms with van der Waals surface area (Å²) < 4.78 is 0. The van der Waals surface area contributed by atoms with Gasteiger partial charge in [0.25, 0.3) is 0 Å². The summed E-state index contributed by atoms with van der Waals surface area (Å²) in [6.45, 7) is 6.92. The van der Waals surface area contributed by atoms with E-state index in [2.05, 4.69) is 35.1 Å². The smallest absolute Gasteiger partial charge is 0.128 e. The Morgan fingerprint density at radius 1 is 1.38 bits per heavy atom. The van der Waals surface area contributed by atoms with E-state index in [9.17, 15) is 0 Å². The van der Waals surface area contributed by atoms with Gasteiger partial charge in [0.1, 0.15) is 5.82 Å². The number of pyridine rings is 1. The zero-order chi connectivity index (χ0) is 11.5. The second-order valence-electron chi connectivity index (χ2n) is 4.56. The number of anilines is 1. The summed E-state index contributed by atoms with van der Waals surface area (Å²) in [5.41, 5.74) is 6.56. The minimum Gasteiger partial charge on any atom is -0.354 e. The molecular weight excluding hydrogens is 200 g/mol. The molecule has 1 aliphatic heterocycles. The average molecular weight is 220 g/mol. The predicted molar refractivity (Wildman–Crippen MR) is 66.4 cm³/mol. The van der Waals surface area contributed by atoms with E-state index in [-0.39, 0.29) is 0 Å². The fourth-order valence-electron chi connectivity index (χ4n) is 2.27. The van der Waals surface area contributed by atoms with Crippen molar-refractivity contribution in [3.63, 3.8) is 0 Å². The van der Waals surface area contributed by atoms with Crippen molar-refractivity contribution < 1.29 is 0 Å². The van der Waals surface area contributed by atoms with Crippen LogP contribution in [0.25, 0.3) is 0 Å². The first-order chi connectivity index (χ1) is 7.69. The highest BCUT2D eigenvalue weighted by atomic mass is 15.3. The van der Waals surface area contributed by atoms with Crippen LogP contribution in [0.15, 0.2) is 18.2 Å². The first-order valence-corrected chi connectivity index (χ1v) is 5.86. The lowest BCUT2D eigenvalue weighted by Gasteiger charge is -2.37. The standard InChI is InChI=1S/C12H20N4/c1-9-7-16(8-10(2)14-9)12-5-3-4-11(6-13)15-12/h3-5,9-10,14H,6-8,13H2,1-2H3/t9-,10+. The van der Waals surface area contributed by atoms with Gasteiger partial charge in [-0.3, -0.25) is 0 Å². The summed E-state index contributed by atoms with van der Waals surface area (Å²) in [4.78, 5) is 6.88. The highest BCUT2D eigenvalue weighted by Crippen LogP contribution is 2.15. The Labute approximate surface area is 96.8 Å². The molecule has 0 saturated carbocycles. The van der Waals surface area contributed by atoms with Gasteiger partial charge in [-0.15, -0.1) is 0 Å². The van der Waals surface area contributed by atoms with Crippen molar-refractivity contribution in [3.05, 3.63) is 23.9 Å². The van der Waals surface area contributed by atoms with E-state index >= 15 is 0 Å². The molecule has 1 aliphatic rings. The molecule has 0 aromatic carbocycles. The molecule has 88 valence electrons. The molecule has 1 aromatic heterocycles. The maximum absolute atomic E-state index is 5.61. The van der Waals surface area contributed by atoms with E-state index in [0.717, 1.165) is 24.6 Å². The predicted octanol–water partition coefficient (Wildman–Crippen LogP) is 0.727. The van der Waals surface area contributed by atoms with Crippen LogP contribution in [0, 0.1) is 0 Å². The molecular formula is C12H20N4. The highest BCUT2D eigenvalue weighted by molar-refractivity contribution is 5.40. The fourth-order valence-corrected chi connectivity index (χ4v) is 2.27. The van der Waals surface area contributed by atoms with Gasteiger partial charge in [0.2, 0.25) is 0 Å². The van der Waals surface area contributed by atoms with Crippen LogP contribution in [0.4, 0.5) is 5.82 Å². The molecule has 0 bridgehead atoms. The molecule has 0 unspecified atom stereocenters. The average Bonchev–Trinajstić information content (AvgIpc) is 2.28. The second-order valence-corrected chi connectivity index (χ2v) is 4.56. The molecule has 0 aliphatic carbocycles. The molecule has 1 saturated heterocycles. The van der Waals surface area contributed by atoms with Gasteiger partial charge >= 0.3 is 0 Å². The molecule has 0 radical (unpaired) electrons. The fraction of sp³-hybridized carbons (Fsp3) is 0.583. The van der Waals surface area contributed by atoms with Gasteiger partial charge < -0.3 is 16.0 Å². The lowest BCUT2D eigenvalue weighted by atomic mass is 10.1.